The lowest BCUT2D eigenvalue weighted by atomic mass is 10.0. The first kappa shape index (κ1) is 84.7. The summed E-state index contributed by atoms with van der Waals surface area (Å²) in [6.07, 6.45) is -16.3. The molecule has 0 saturated heterocycles. The van der Waals surface area contributed by atoms with Crippen molar-refractivity contribution in [2.45, 2.75) is 77.3 Å². The number of pyridine rings is 1. The Balaban J connectivity index is 0.000000137. The predicted molar refractivity (Wildman–Crippen MR) is 436 cm³/mol. The molecular weight excluding hydrogens is 1600 g/mol. The summed E-state index contributed by atoms with van der Waals surface area (Å²) in [7, 11) is 3.05. The summed E-state index contributed by atoms with van der Waals surface area (Å²) in [6, 6.07) is 73.3. The molecule has 0 radical (unpaired) electrons. The van der Waals surface area contributed by atoms with Crippen molar-refractivity contribution in [3.63, 3.8) is 0 Å². The average molecular weight is 1670 g/mol. The van der Waals surface area contributed by atoms with Crippen LogP contribution >= 0.6 is 23.2 Å². The van der Waals surface area contributed by atoms with Crippen molar-refractivity contribution in [1.29, 1.82) is 0 Å². The molecule has 11 aromatic carbocycles. The Hall–Kier alpha value is -12.2. The fraction of sp³-hybridized carbons (Fsp3) is 0.151. The minimum Gasteiger partial charge on any atom is -0.497 e. The molecule has 0 aliphatic carbocycles. The number of rotatable bonds is 18. The Bertz CT molecular complexity index is 6080. The molecule has 0 aliphatic rings. The van der Waals surface area contributed by atoms with Crippen LogP contribution < -0.4 is 9.47 Å². The van der Waals surface area contributed by atoms with Gasteiger partial charge in [0.15, 0.2) is 0 Å². The third-order valence-electron chi connectivity index (χ3n) is 20.3. The number of hydrogen-bond donors (Lipinski definition) is 4. The lowest BCUT2D eigenvalue weighted by molar-refractivity contribution is -0.138. The second-order valence-electron chi connectivity index (χ2n) is 27.5. The molecule has 26 heteroatoms. The third kappa shape index (κ3) is 18.6. The molecule has 0 atom stereocenters. The number of hydrogen-bond acceptors (Lipinski definition) is 7. The summed E-state index contributed by atoms with van der Waals surface area (Å²) >= 11 is 12.4. The Labute approximate surface area is 683 Å². The van der Waals surface area contributed by atoms with Crippen LogP contribution in [-0.4, -0.2) is 57.9 Å². The average Bonchev–Trinajstić information content (AvgIpc) is 1.62. The minimum absolute atomic E-state index is 0.0945. The fourth-order valence-electron chi connectivity index (χ4n) is 14.8. The summed E-state index contributed by atoms with van der Waals surface area (Å²) < 4.78 is 192. The molecule has 0 fully saturated rings. The van der Waals surface area contributed by atoms with Crippen LogP contribution in [0.5, 0.6) is 11.6 Å². The second-order valence-corrected chi connectivity index (χ2v) is 28.4. The largest absolute Gasteiger partial charge is 0.497 e. The molecule has 16 aromatic rings. The van der Waals surface area contributed by atoms with Gasteiger partial charge in [0, 0.05) is 119 Å². The zero-order valence-corrected chi connectivity index (χ0v) is 64.7. The van der Waals surface area contributed by atoms with Crippen LogP contribution in [0.2, 0.25) is 10.0 Å². The van der Waals surface area contributed by atoms with Gasteiger partial charge in [-0.05, 0) is 149 Å². The van der Waals surface area contributed by atoms with Crippen LogP contribution in [0.4, 0.5) is 57.1 Å². The van der Waals surface area contributed by atoms with Gasteiger partial charge < -0.3 is 48.2 Å². The number of fused-ring (bicyclic) bond motifs is 4. The van der Waals surface area contributed by atoms with E-state index in [4.69, 9.17) is 32.7 Å². The first-order chi connectivity index (χ1) is 57.0. The highest BCUT2D eigenvalue weighted by atomic mass is 35.5. The van der Waals surface area contributed by atoms with E-state index in [9.17, 15) is 77.5 Å². The molecule has 0 aliphatic heterocycles. The molecule has 0 spiro atoms. The van der Waals surface area contributed by atoms with Gasteiger partial charge in [-0.2, -0.15) is 52.7 Å². The summed E-state index contributed by atoms with van der Waals surface area (Å²) in [5.41, 5.74) is 9.40. The van der Waals surface area contributed by atoms with Gasteiger partial charge in [0.2, 0.25) is 5.88 Å². The SMILES string of the molecule is COc1cccc(Cn2c(CO)c(-c3ccc(OC)nc3)c3cc(C(F)(F)F)ccc32)c1.OCc1c(-c2ccccc2)c2cc(C(F)(F)F)ccc2n1Cc1cccc(Cl)c1.OCc1c(-c2ccccc2)c2cc(C(F)(F)F)ccc2n1Cc1ccccc1Cl.OCc1c(-c2ccccc2)c2cc(C(F)(F)F)ccc2n1Cc1ccccc1F. The van der Waals surface area contributed by atoms with Crippen LogP contribution in [0.25, 0.3) is 88.1 Å². The topological polar surface area (TPSA) is 132 Å². The van der Waals surface area contributed by atoms with Crippen LogP contribution in [0.1, 0.15) is 67.3 Å². The van der Waals surface area contributed by atoms with Crippen LogP contribution in [-0.2, 0) is 77.3 Å². The number of benzene rings is 11. The number of nitrogens with zero attached hydrogens (tertiary/aromatic N) is 5. The second kappa shape index (κ2) is 36.0. The van der Waals surface area contributed by atoms with Crippen molar-refractivity contribution < 1.29 is 87.0 Å². The lowest BCUT2D eigenvalue weighted by Crippen LogP contribution is -2.07. The van der Waals surface area contributed by atoms with Gasteiger partial charge in [0.25, 0.3) is 0 Å². The summed E-state index contributed by atoms with van der Waals surface area (Å²) in [5.74, 6) is 0.644. The molecule has 0 bridgehead atoms. The number of aliphatic hydroxyl groups is 4. The first-order valence-electron chi connectivity index (χ1n) is 36.9. The van der Waals surface area contributed by atoms with E-state index >= 15 is 0 Å². The van der Waals surface area contributed by atoms with E-state index in [-0.39, 0.29) is 26.4 Å². The number of ether oxygens (including phenoxy) is 2. The molecule has 5 heterocycles. The number of aromatic nitrogens is 5. The van der Waals surface area contributed by atoms with Crippen molar-refractivity contribution in [2.75, 3.05) is 14.2 Å². The predicted octanol–water partition coefficient (Wildman–Crippen LogP) is 24.3. The Morgan fingerprint density at radius 2 is 0.672 bits per heavy atom. The molecule has 4 N–H and O–H groups in total. The van der Waals surface area contributed by atoms with Gasteiger partial charge in [-0.3, -0.25) is 0 Å². The first-order valence-corrected chi connectivity index (χ1v) is 37.6. The molecule has 119 heavy (non-hydrogen) atoms. The van der Waals surface area contributed by atoms with E-state index < -0.39 is 59.4 Å². The molecule has 610 valence electrons. The van der Waals surface area contributed by atoms with E-state index in [2.05, 4.69) is 4.98 Å². The molecule has 0 saturated carbocycles. The Morgan fingerprint density at radius 1 is 0.328 bits per heavy atom. The van der Waals surface area contributed by atoms with Crippen molar-refractivity contribution in [2.24, 2.45) is 0 Å². The molecule has 11 nitrogen and oxygen atoms in total. The standard InChI is InChI=1S/C24H21F3N2O3.2C23H17ClF3NO.C23H17F4NO/c1-31-18-5-3-4-15(10-18)13-29-20-8-7-17(24(25,26)27)11-19(20)23(21(29)14-30)16-6-9-22(32-2)28-12-16;24-18-8-4-5-15(11-18)13-28-20-10-9-17(23(25,26)27)12-19(20)22(21(28)14-29)16-6-2-1-3-7-16;2*24-19-9-5-4-8-16(19)13-28-20-11-10-17(23(25,26)27)12-18(20)22(21(28)14-29)15-6-2-1-3-7-15/h3-12,30H,13-14H2,1-2H3;3*1-12,29H,13-14H2. The number of methoxy groups -OCH3 is 2. The Morgan fingerprint density at radius 3 is 1.02 bits per heavy atom. The van der Waals surface area contributed by atoms with Crippen molar-refractivity contribution in [3.05, 3.63) is 362 Å². The van der Waals surface area contributed by atoms with E-state index in [1.54, 1.807) is 84.5 Å². The van der Waals surface area contributed by atoms with E-state index in [1.165, 1.54) is 43.6 Å². The Kier molecular flexibility index (Phi) is 25.6. The lowest BCUT2D eigenvalue weighted by Gasteiger charge is -2.12. The smallest absolute Gasteiger partial charge is 0.416 e. The summed E-state index contributed by atoms with van der Waals surface area (Å²) in [4.78, 5) is 4.19. The normalized spacial score (nSPS) is 11.8. The quantitative estimate of drug-likeness (QED) is 0.0629. The highest BCUT2D eigenvalue weighted by Gasteiger charge is 2.36. The van der Waals surface area contributed by atoms with Gasteiger partial charge in [-0.15, -0.1) is 0 Å². The highest BCUT2D eigenvalue weighted by molar-refractivity contribution is 6.31. The zero-order valence-electron chi connectivity index (χ0n) is 63.2. The van der Waals surface area contributed by atoms with Gasteiger partial charge in [0.05, 0.1) is 92.2 Å². The van der Waals surface area contributed by atoms with E-state index in [0.29, 0.717) is 147 Å². The molecule has 0 unspecified atom stereocenters. The van der Waals surface area contributed by atoms with E-state index in [1.807, 2.05) is 135 Å². The van der Waals surface area contributed by atoms with Crippen molar-refractivity contribution >= 4 is 66.8 Å². The van der Waals surface area contributed by atoms with Crippen LogP contribution in [0, 0.1) is 5.82 Å². The molecule has 5 aromatic heterocycles. The molecular formula is C93H72Cl2F13N5O6. The molecule has 0 amide bonds. The zero-order chi connectivity index (χ0) is 84.7. The molecule has 16 rings (SSSR count). The number of aliphatic hydroxyl groups excluding tert-OH is 4. The number of alkyl halides is 12. The number of halogens is 15. The maximum absolute atomic E-state index is 14.2. The summed E-state index contributed by atoms with van der Waals surface area (Å²) in [6.45, 7) is -0.215. The maximum atomic E-state index is 14.2. The highest BCUT2D eigenvalue weighted by Crippen LogP contribution is 2.46. The van der Waals surface area contributed by atoms with Gasteiger partial charge >= 0.3 is 24.7 Å². The van der Waals surface area contributed by atoms with Crippen molar-refractivity contribution in [1.82, 2.24) is 23.3 Å². The van der Waals surface area contributed by atoms with Gasteiger partial charge in [-0.1, -0.05) is 175 Å². The van der Waals surface area contributed by atoms with Crippen LogP contribution in [0.3, 0.4) is 0 Å². The van der Waals surface area contributed by atoms with Gasteiger partial charge in [-0.25, -0.2) is 9.37 Å². The monoisotopic (exact) mass is 1670 g/mol. The fourth-order valence-corrected chi connectivity index (χ4v) is 15.2. The third-order valence-corrected chi connectivity index (χ3v) is 20.9. The van der Waals surface area contributed by atoms with Crippen LogP contribution in [0.15, 0.2) is 279 Å². The minimum atomic E-state index is -4.49. The van der Waals surface area contributed by atoms with Gasteiger partial charge in [0.1, 0.15) is 11.6 Å². The van der Waals surface area contributed by atoms with E-state index in [0.717, 1.165) is 76.3 Å². The van der Waals surface area contributed by atoms with Crippen molar-refractivity contribution in [3.8, 4) is 56.1 Å². The maximum Gasteiger partial charge on any atom is 0.416 e. The summed E-state index contributed by atoms with van der Waals surface area (Å²) in [5, 5.41) is 43.5.